The fraction of sp³-hybridized carbons (Fsp3) is 0.636. The molecule has 5 nitrogen and oxygen atoms in total. The molecule has 0 amide bonds. The van der Waals surface area contributed by atoms with Crippen molar-refractivity contribution in [2.45, 2.75) is 19.9 Å². The molecule has 94 valence electrons. The van der Waals surface area contributed by atoms with Crippen molar-refractivity contribution in [1.29, 1.82) is 0 Å². The Morgan fingerprint density at radius 1 is 1.65 bits per heavy atom. The number of nitrogens with zero attached hydrogens (tertiary/aromatic N) is 3. The number of aromatic nitrogens is 2. The first-order chi connectivity index (χ1) is 8.22. The van der Waals surface area contributed by atoms with Gasteiger partial charge in [0.15, 0.2) is 0 Å². The normalized spacial score (nSPS) is 20.4. The van der Waals surface area contributed by atoms with Gasteiger partial charge in [0.05, 0.1) is 36.5 Å². The lowest BCUT2D eigenvalue weighted by atomic mass is 10.3. The minimum atomic E-state index is 0.291. The van der Waals surface area contributed by atoms with Crippen LogP contribution in [-0.4, -0.2) is 42.4 Å². The molecule has 0 spiro atoms. The summed E-state index contributed by atoms with van der Waals surface area (Å²) in [5, 5.41) is 0. The van der Waals surface area contributed by atoms with E-state index in [-0.39, 0.29) is 0 Å². The van der Waals surface area contributed by atoms with E-state index in [9.17, 15) is 0 Å². The molecule has 17 heavy (non-hydrogen) atoms. The maximum absolute atomic E-state index is 5.45. The lowest BCUT2D eigenvalue weighted by molar-refractivity contribution is 0.0980. The van der Waals surface area contributed by atoms with Gasteiger partial charge in [0.2, 0.25) is 11.8 Å². The topological polar surface area (TPSA) is 47.5 Å². The fourth-order valence-electron chi connectivity index (χ4n) is 1.74. The second-order valence-electron chi connectivity index (χ2n) is 3.87. The third-order valence-electron chi connectivity index (χ3n) is 2.60. The van der Waals surface area contributed by atoms with Crippen LogP contribution in [0, 0.1) is 0 Å². The molecule has 0 saturated carbocycles. The summed E-state index contributed by atoms with van der Waals surface area (Å²) < 4.78 is 11.6. The summed E-state index contributed by atoms with van der Waals surface area (Å²) in [6.07, 6.45) is 1.73. The highest BCUT2D eigenvalue weighted by atomic mass is 79.9. The highest BCUT2D eigenvalue weighted by Crippen LogP contribution is 2.25. The predicted molar refractivity (Wildman–Crippen MR) is 68.5 cm³/mol. The quantitative estimate of drug-likeness (QED) is 0.853. The van der Waals surface area contributed by atoms with Crippen LogP contribution in [0.25, 0.3) is 0 Å². The van der Waals surface area contributed by atoms with Crippen molar-refractivity contribution >= 4 is 21.9 Å². The van der Waals surface area contributed by atoms with E-state index in [0.29, 0.717) is 37.7 Å². The standard InChI is InChI=1S/C11H16BrN3O2/c1-3-17-10-9(12)6-13-11(14-10)15-4-5-16-7-8(15)2/h6,8H,3-5,7H2,1-2H3/t8-/m0/s1. The van der Waals surface area contributed by atoms with Gasteiger partial charge in [-0.2, -0.15) is 4.98 Å². The van der Waals surface area contributed by atoms with Crippen LogP contribution in [0.4, 0.5) is 5.95 Å². The molecule has 0 aliphatic carbocycles. The van der Waals surface area contributed by atoms with Gasteiger partial charge in [0, 0.05) is 6.54 Å². The molecule has 0 unspecified atom stereocenters. The SMILES string of the molecule is CCOc1nc(N2CCOC[C@@H]2C)ncc1Br. The molecule has 1 atom stereocenters. The Labute approximate surface area is 109 Å². The van der Waals surface area contributed by atoms with Crippen molar-refractivity contribution in [3.8, 4) is 5.88 Å². The van der Waals surface area contributed by atoms with E-state index in [1.807, 2.05) is 6.92 Å². The molecule has 2 heterocycles. The highest BCUT2D eigenvalue weighted by Gasteiger charge is 2.22. The zero-order valence-corrected chi connectivity index (χ0v) is 11.6. The van der Waals surface area contributed by atoms with E-state index in [0.717, 1.165) is 11.0 Å². The summed E-state index contributed by atoms with van der Waals surface area (Å²) in [5.41, 5.74) is 0. The summed E-state index contributed by atoms with van der Waals surface area (Å²) >= 11 is 3.38. The van der Waals surface area contributed by atoms with Crippen molar-refractivity contribution in [3.63, 3.8) is 0 Å². The van der Waals surface area contributed by atoms with Gasteiger partial charge in [-0.05, 0) is 29.8 Å². The van der Waals surface area contributed by atoms with Gasteiger partial charge in [0.1, 0.15) is 0 Å². The number of hydrogen-bond donors (Lipinski definition) is 0. The number of rotatable bonds is 3. The average Bonchev–Trinajstić information content (AvgIpc) is 2.33. The molecule has 0 aromatic carbocycles. The number of morpholine rings is 1. The zero-order chi connectivity index (χ0) is 12.3. The molecule has 0 N–H and O–H groups in total. The van der Waals surface area contributed by atoms with Gasteiger partial charge in [0.25, 0.3) is 0 Å². The van der Waals surface area contributed by atoms with E-state index in [1.54, 1.807) is 6.20 Å². The highest BCUT2D eigenvalue weighted by molar-refractivity contribution is 9.10. The number of anilines is 1. The van der Waals surface area contributed by atoms with Crippen molar-refractivity contribution in [2.75, 3.05) is 31.3 Å². The van der Waals surface area contributed by atoms with Crippen LogP contribution in [0.15, 0.2) is 10.7 Å². The van der Waals surface area contributed by atoms with Crippen LogP contribution in [-0.2, 0) is 4.74 Å². The van der Waals surface area contributed by atoms with Gasteiger partial charge in [-0.15, -0.1) is 0 Å². The van der Waals surface area contributed by atoms with E-state index in [2.05, 4.69) is 37.7 Å². The molecular formula is C11H16BrN3O2. The van der Waals surface area contributed by atoms with Crippen molar-refractivity contribution < 1.29 is 9.47 Å². The van der Waals surface area contributed by atoms with E-state index in [4.69, 9.17) is 9.47 Å². The van der Waals surface area contributed by atoms with Crippen LogP contribution in [0.2, 0.25) is 0 Å². The summed E-state index contributed by atoms with van der Waals surface area (Å²) in [6, 6.07) is 0.291. The van der Waals surface area contributed by atoms with Crippen LogP contribution in [0.5, 0.6) is 5.88 Å². The van der Waals surface area contributed by atoms with E-state index < -0.39 is 0 Å². The first-order valence-electron chi connectivity index (χ1n) is 5.72. The molecule has 1 aromatic rings. The van der Waals surface area contributed by atoms with Crippen LogP contribution in [0.1, 0.15) is 13.8 Å². The molecule has 0 radical (unpaired) electrons. The molecular weight excluding hydrogens is 286 g/mol. The van der Waals surface area contributed by atoms with Gasteiger partial charge in [-0.25, -0.2) is 4.98 Å². The molecule has 2 rings (SSSR count). The van der Waals surface area contributed by atoms with E-state index >= 15 is 0 Å². The lowest BCUT2D eigenvalue weighted by Gasteiger charge is -2.33. The molecule has 1 fully saturated rings. The third-order valence-corrected chi connectivity index (χ3v) is 3.15. The predicted octanol–water partition coefficient (Wildman–Crippen LogP) is 1.86. The smallest absolute Gasteiger partial charge is 0.232 e. The van der Waals surface area contributed by atoms with E-state index in [1.165, 1.54) is 0 Å². The average molecular weight is 302 g/mol. The Morgan fingerprint density at radius 2 is 2.47 bits per heavy atom. The van der Waals surface area contributed by atoms with Gasteiger partial charge in [-0.3, -0.25) is 0 Å². The van der Waals surface area contributed by atoms with Crippen LogP contribution >= 0.6 is 15.9 Å². The zero-order valence-electron chi connectivity index (χ0n) is 10.0. The molecule has 1 aromatic heterocycles. The maximum atomic E-state index is 5.45. The summed E-state index contributed by atoms with van der Waals surface area (Å²) in [7, 11) is 0. The first-order valence-corrected chi connectivity index (χ1v) is 6.51. The van der Waals surface area contributed by atoms with Crippen molar-refractivity contribution in [1.82, 2.24) is 9.97 Å². The summed E-state index contributed by atoms with van der Waals surface area (Å²) in [6.45, 7) is 6.87. The Balaban J connectivity index is 2.22. The number of hydrogen-bond acceptors (Lipinski definition) is 5. The van der Waals surface area contributed by atoms with Crippen molar-refractivity contribution in [2.24, 2.45) is 0 Å². The lowest BCUT2D eigenvalue weighted by Crippen LogP contribution is -2.44. The Bertz CT molecular complexity index is 389. The molecule has 1 aliphatic heterocycles. The Morgan fingerprint density at radius 3 is 3.18 bits per heavy atom. The molecule has 0 bridgehead atoms. The fourth-order valence-corrected chi connectivity index (χ4v) is 2.05. The monoisotopic (exact) mass is 301 g/mol. The molecule has 6 heteroatoms. The van der Waals surface area contributed by atoms with Crippen LogP contribution in [0.3, 0.4) is 0 Å². The Hall–Kier alpha value is -0.880. The van der Waals surface area contributed by atoms with Gasteiger partial charge >= 0.3 is 0 Å². The largest absolute Gasteiger partial charge is 0.477 e. The minimum absolute atomic E-state index is 0.291. The number of ether oxygens (including phenoxy) is 2. The van der Waals surface area contributed by atoms with Crippen LogP contribution < -0.4 is 9.64 Å². The minimum Gasteiger partial charge on any atom is -0.477 e. The summed E-state index contributed by atoms with van der Waals surface area (Å²) in [5.74, 6) is 1.30. The van der Waals surface area contributed by atoms with Gasteiger partial charge in [-0.1, -0.05) is 0 Å². The first kappa shape index (κ1) is 12.6. The van der Waals surface area contributed by atoms with Gasteiger partial charge < -0.3 is 14.4 Å². The Kier molecular flexibility index (Phi) is 4.17. The maximum Gasteiger partial charge on any atom is 0.232 e. The molecule has 1 saturated heterocycles. The third kappa shape index (κ3) is 2.87. The summed E-state index contributed by atoms with van der Waals surface area (Å²) in [4.78, 5) is 10.9. The number of halogens is 1. The second kappa shape index (κ2) is 5.64. The van der Waals surface area contributed by atoms with Crippen molar-refractivity contribution in [3.05, 3.63) is 10.7 Å². The second-order valence-corrected chi connectivity index (χ2v) is 4.73. The molecule has 1 aliphatic rings.